The Labute approximate surface area is 130 Å². The lowest BCUT2D eigenvalue weighted by Gasteiger charge is -2.32. The summed E-state index contributed by atoms with van der Waals surface area (Å²) in [7, 11) is 0. The molecule has 1 amide bonds. The van der Waals surface area contributed by atoms with Gasteiger partial charge in [0.25, 0.3) is 11.6 Å². The number of carbonyl (C=O) groups is 1. The lowest BCUT2D eigenvalue weighted by molar-refractivity contribution is -0.297. The molecule has 1 N–H and O–H groups in total. The third kappa shape index (κ3) is 3.36. The Hall–Kier alpha value is -1.96. The Bertz CT molecular complexity index is 630. The first kappa shape index (κ1) is 17.4. The van der Waals surface area contributed by atoms with Gasteiger partial charge in [-0.2, -0.15) is 23.3 Å². The second kappa shape index (κ2) is 6.27. The van der Waals surface area contributed by atoms with Crippen molar-refractivity contribution in [2.45, 2.75) is 44.5 Å². The van der Waals surface area contributed by atoms with E-state index in [1.165, 1.54) is 12.1 Å². The summed E-state index contributed by atoms with van der Waals surface area (Å²) in [6.07, 6.45) is -4.29. The zero-order valence-corrected chi connectivity index (χ0v) is 12.4. The van der Waals surface area contributed by atoms with Gasteiger partial charge in [-0.3, -0.25) is 4.79 Å². The third-order valence-corrected chi connectivity index (χ3v) is 3.58. The maximum Gasteiger partial charge on any atom is 0.438 e. The molecule has 0 spiro atoms. The number of amides is 1. The molecule has 1 aromatic rings. The summed E-state index contributed by atoms with van der Waals surface area (Å²) in [5.74, 6) is -1.96. The monoisotopic (exact) mass is 332 g/mol. The number of hydrogen-bond acceptors (Lipinski definition) is 3. The molecule has 1 aromatic carbocycles. The zero-order valence-electron chi connectivity index (χ0n) is 12.4. The molecular weight excluding hydrogens is 316 g/mol. The van der Waals surface area contributed by atoms with Gasteiger partial charge in [-0.25, -0.2) is 4.39 Å². The predicted octanol–water partition coefficient (Wildman–Crippen LogP) is 3.47. The maximum absolute atomic E-state index is 13.3. The first-order valence-corrected chi connectivity index (χ1v) is 7.14. The molecule has 1 heterocycles. The number of rotatable bonds is 4. The highest BCUT2D eigenvalue weighted by Gasteiger charge is 2.63. The number of carbonyl (C=O) groups excluding carboxylic acids is 1. The molecule has 1 aliphatic heterocycles. The van der Waals surface area contributed by atoms with Gasteiger partial charge in [0.1, 0.15) is 5.82 Å². The topological polar surface area (TPSA) is 52.9 Å². The van der Waals surface area contributed by atoms with E-state index in [2.05, 4.69) is 5.10 Å². The SMILES string of the molecule is CCCCC1=NN(C(=O)c2cccc(F)c2)[C@@](O)(C(F)(F)F)C1. The summed E-state index contributed by atoms with van der Waals surface area (Å²) in [6, 6.07) is 4.24. The van der Waals surface area contributed by atoms with Crippen LogP contribution in [0.1, 0.15) is 43.0 Å². The average molecular weight is 332 g/mol. The van der Waals surface area contributed by atoms with E-state index in [1.54, 1.807) is 0 Å². The molecule has 0 bridgehead atoms. The maximum atomic E-state index is 13.3. The van der Waals surface area contributed by atoms with E-state index in [0.717, 1.165) is 18.6 Å². The lowest BCUT2D eigenvalue weighted by atomic mass is 10.0. The molecule has 23 heavy (non-hydrogen) atoms. The highest BCUT2D eigenvalue weighted by molar-refractivity contribution is 5.98. The van der Waals surface area contributed by atoms with Crippen LogP contribution in [0.5, 0.6) is 0 Å². The van der Waals surface area contributed by atoms with Gasteiger partial charge in [0.2, 0.25) is 0 Å². The Morgan fingerprint density at radius 3 is 2.70 bits per heavy atom. The first-order chi connectivity index (χ1) is 10.7. The van der Waals surface area contributed by atoms with Crippen molar-refractivity contribution in [3.63, 3.8) is 0 Å². The molecule has 0 fully saturated rings. The number of halogens is 4. The van der Waals surface area contributed by atoms with Crippen molar-refractivity contribution in [2.24, 2.45) is 5.10 Å². The highest BCUT2D eigenvalue weighted by Crippen LogP contribution is 2.41. The van der Waals surface area contributed by atoms with Gasteiger partial charge in [0, 0.05) is 17.7 Å². The largest absolute Gasteiger partial charge is 0.438 e. The summed E-state index contributed by atoms with van der Waals surface area (Å²) in [6.45, 7) is 1.86. The summed E-state index contributed by atoms with van der Waals surface area (Å²) in [5, 5.41) is 13.7. The molecule has 0 radical (unpaired) electrons. The molecule has 126 valence electrons. The number of nitrogens with zero attached hydrogens (tertiary/aromatic N) is 2. The molecule has 0 unspecified atom stereocenters. The number of hydrazone groups is 1. The van der Waals surface area contributed by atoms with Crippen LogP contribution in [0.4, 0.5) is 17.6 Å². The van der Waals surface area contributed by atoms with Gasteiger partial charge in [-0.05, 0) is 31.0 Å². The van der Waals surface area contributed by atoms with Crippen molar-refractivity contribution in [1.82, 2.24) is 5.01 Å². The van der Waals surface area contributed by atoms with E-state index in [-0.39, 0.29) is 22.7 Å². The van der Waals surface area contributed by atoms with Crippen LogP contribution in [-0.2, 0) is 0 Å². The fraction of sp³-hybridized carbons (Fsp3) is 0.467. The van der Waals surface area contributed by atoms with Gasteiger partial charge in [0.05, 0.1) is 0 Å². The Morgan fingerprint density at radius 1 is 1.43 bits per heavy atom. The van der Waals surface area contributed by atoms with Crippen LogP contribution in [0, 0.1) is 5.82 Å². The summed E-state index contributed by atoms with van der Waals surface area (Å²) in [4.78, 5) is 12.3. The van der Waals surface area contributed by atoms with E-state index in [9.17, 15) is 27.5 Å². The standard InChI is InChI=1S/C15H16F4N2O2/c1-2-3-7-12-9-14(23,15(17,18)19)21(20-12)13(22)10-5-4-6-11(16)8-10/h4-6,8,23H,2-3,7,9H2,1H3/t14-/m0/s1. The molecule has 4 nitrogen and oxygen atoms in total. The van der Waals surface area contributed by atoms with Crippen LogP contribution in [0.25, 0.3) is 0 Å². The Morgan fingerprint density at radius 2 is 2.13 bits per heavy atom. The van der Waals surface area contributed by atoms with E-state index in [4.69, 9.17) is 0 Å². The number of unbranched alkanes of at least 4 members (excludes halogenated alkanes) is 1. The molecule has 1 atom stereocenters. The minimum atomic E-state index is -5.08. The number of hydrogen-bond donors (Lipinski definition) is 1. The van der Waals surface area contributed by atoms with Crippen LogP contribution in [-0.4, -0.2) is 33.6 Å². The second-order valence-electron chi connectivity index (χ2n) is 5.39. The highest BCUT2D eigenvalue weighted by atomic mass is 19.4. The molecule has 1 aliphatic rings. The van der Waals surface area contributed by atoms with Gasteiger partial charge >= 0.3 is 6.18 Å². The molecule has 0 saturated carbocycles. The van der Waals surface area contributed by atoms with Crippen LogP contribution in [0.15, 0.2) is 29.4 Å². The van der Waals surface area contributed by atoms with E-state index in [1.807, 2.05) is 6.92 Å². The minimum absolute atomic E-state index is 0.0206. The molecule has 2 rings (SSSR count). The molecule has 0 aliphatic carbocycles. The van der Waals surface area contributed by atoms with E-state index >= 15 is 0 Å². The Kier molecular flexibility index (Phi) is 4.74. The van der Waals surface area contributed by atoms with Crippen molar-refractivity contribution < 1.29 is 27.5 Å². The zero-order chi connectivity index (χ0) is 17.3. The van der Waals surface area contributed by atoms with E-state index < -0.39 is 30.0 Å². The third-order valence-electron chi connectivity index (χ3n) is 3.58. The molecule has 0 aromatic heterocycles. The smallest absolute Gasteiger partial charge is 0.362 e. The summed E-state index contributed by atoms with van der Waals surface area (Å²) in [5.41, 5.74) is -3.62. The van der Waals surface area contributed by atoms with Crippen molar-refractivity contribution in [3.05, 3.63) is 35.6 Å². The fourth-order valence-corrected chi connectivity index (χ4v) is 2.32. The van der Waals surface area contributed by atoms with Crippen molar-refractivity contribution in [2.75, 3.05) is 0 Å². The number of benzene rings is 1. The number of alkyl halides is 3. The molecular formula is C15H16F4N2O2. The van der Waals surface area contributed by atoms with Crippen LogP contribution < -0.4 is 0 Å². The van der Waals surface area contributed by atoms with Crippen molar-refractivity contribution >= 4 is 11.6 Å². The van der Waals surface area contributed by atoms with Gasteiger partial charge in [-0.15, -0.1) is 0 Å². The van der Waals surface area contributed by atoms with E-state index in [0.29, 0.717) is 6.42 Å². The van der Waals surface area contributed by atoms with Crippen molar-refractivity contribution in [1.29, 1.82) is 0 Å². The Balaban J connectivity index is 2.37. The number of aliphatic hydroxyl groups is 1. The summed E-state index contributed by atoms with van der Waals surface area (Å²) < 4.78 is 53.0. The molecule has 8 heteroatoms. The second-order valence-corrected chi connectivity index (χ2v) is 5.39. The van der Waals surface area contributed by atoms with Crippen molar-refractivity contribution in [3.8, 4) is 0 Å². The normalized spacial score (nSPS) is 21.5. The van der Waals surface area contributed by atoms with Crippen LogP contribution in [0.3, 0.4) is 0 Å². The lowest BCUT2D eigenvalue weighted by Crippen LogP contribution is -2.56. The molecule has 0 saturated heterocycles. The van der Waals surface area contributed by atoms with Gasteiger partial charge < -0.3 is 5.11 Å². The van der Waals surface area contributed by atoms with Crippen LogP contribution >= 0.6 is 0 Å². The van der Waals surface area contributed by atoms with Gasteiger partial charge in [0.15, 0.2) is 0 Å². The first-order valence-electron chi connectivity index (χ1n) is 7.14. The van der Waals surface area contributed by atoms with Gasteiger partial charge in [-0.1, -0.05) is 19.4 Å². The quantitative estimate of drug-likeness (QED) is 0.859. The van der Waals surface area contributed by atoms with Crippen LogP contribution in [0.2, 0.25) is 0 Å². The predicted molar refractivity (Wildman–Crippen MR) is 75.2 cm³/mol. The summed E-state index contributed by atoms with van der Waals surface area (Å²) >= 11 is 0. The average Bonchev–Trinajstić information content (AvgIpc) is 2.82. The fourth-order valence-electron chi connectivity index (χ4n) is 2.32. The minimum Gasteiger partial charge on any atom is -0.362 e.